The Morgan fingerprint density at radius 1 is 0.980 bits per heavy atom. The fourth-order valence-corrected chi connectivity index (χ4v) is 7.47. The lowest BCUT2D eigenvalue weighted by Crippen LogP contribution is -2.43. The molecule has 16 heteroatoms. The van der Waals surface area contributed by atoms with Crippen LogP contribution in [-0.4, -0.2) is 60.0 Å². The molecule has 0 bridgehead atoms. The van der Waals surface area contributed by atoms with Gasteiger partial charge in [-0.05, 0) is 75.6 Å². The minimum atomic E-state index is -4.40. The number of fused-ring (bicyclic) bond motifs is 2. The Labute approximate surface area is 302 Å². The highest BCUT2D eigenvalue weighted by Gasteiger charge is 2.45. The van der Waals surface area contributed by atoms with E-state index in [0.29, 0.717) is 13.0 Å². The molecular weight excluding hydrogens is 699 g/mol. The number of likely N-dealkylation sites (N-methyl/N-ethyl adjacent to an activating group) is 1. The number of nitrogens with two attached hydrogens (primary N) is 1. The number of hydrogen-bond donors (Lipinski definition) is 5. The number of allylic oxidation sites excluding steroid dienone is 6. The number of unbranched alkanes of at least 4 members (excludes halogenated alkanes) is 2. The monoisotopic (exact) mass is 744 g/mol. The van der Waals surface area contributed by atoms with Gasteiger partial charge in [0.2, 0.25) is 11.6 Å². The van der Waals surface area contributed by atoms with Crippen LogP contribution < -0.4 is 21.6 Å². The molecule has 0 saturated heterocycles. The van der Waals surface area contributed by atoms with Crippen LogP contribution >= 0.6 is 12.0 Å². The summed E-state index contributed by atoms with van der Waals surface area (Å²) >= 11 is 0.926. The molecule has 2 aliphatic heterocycles. The van der Waals surface area contributed by atoms with Gasteiger partial charge in [-0.15, -0.1) is 4.33 Å². The third-order valence-corrected chi connectivity index (χ3v) is 10.5. The highest BCUT2D eigenvalue weighted by molar-refractivity contribution is 7.94. The Morgan fingerprint density at radius 2 is 1.73 bits per heavy atom. The number of anilines is 1. The molecule has 2 heterocycles. The number of carbonyl (C=O) groups is 2. The summed E-state index contributed by atoms with van der Waals surface area (Å²) in [7, 11) is -4.40. The third kappa shape index (κ3) is 9.33. The van der Waals surface area contributed by atoms with Crippen molar-refractivity contribution in [2.75, 3.05) is 24.6 Å². The average molecular weight is 745 g/mol. The van der Waals surface area contributed by atoms with E-state index in [1.165, 1.54) is 12.1 Å². The molecule has 2 aromatic carbocycles. The molecule has 6 N–H and O–H groups in total. The summed E-state index contributed by atoms with van der Waals surface area (Å²) < 4.78 is 40.6. The zero-order valence-corrected chi connectivity index (χ0v) is 31.0. The minimum absolute atomic E-state index is 0.164. The molecule has 0 aliphatic carbocycles. The number of amides is 2. The second-order valence-electron chi connectivity index (χ2n) is 13.1. The second kappa shape index (κ2) is 17.1. The van der Waals surface area contributed by atoms with Gasteiger partial charge in [-0.2, -0.15) is 13.0 Å². The number of hydrazine groups is 1. The Bertz CT molecular complexity index is 1850. The van der Waals surface area contributed by atoms with E-state index in [1.807, 2.05) is 56.4 Å². The quantitative estimate of drug-likeness (QED) is 0.0289. The van der Waals surface area contributed by atoms with Crippen LogP contribution in [0.3, 0.4) is 0 Å². The number of rotatable bonds is 16. The number of carbonyl (C=O) groups excluding carboxylic acids is 2. The highest BCUT2D eigenvalue weighted by Crippen LogP contribution is 2.49. The topological polar surface area (TPSA) is 193 Å². The number of benzene rings is 2. The third-order valence-electron chi connectivity index (χ3n) is 9.07. The lowest BCUT2D eigenvalue weighted by atomic mass is 9.81. The fraction of sp³-hybridized carbons (Fsp3) is 0.400. The fourth-order valence-electron chi connectivity index (χ4n) is 6.56. The van der Waals surface area contributed by atoms with E-state index < -0.39 is 21.4 Å². The number of nitrogens with zero attached hydrogens (tertiary/aromatic N) is 2. The molecular formula is C35H46N5O9S2+. The zero-order valence-electron chi connectivity index (χ0n) is 29.3. The summed E-state index contributed by atoms with van der Waals surface area (Å²) in [6.45, 7) is 11.4. The first-order valence-electron chi connectivity index (χ1n) is 16.5. The smallest absolute Gasteiger partial charge is 0.294 e. The lowest BCUT2D eigenvalue weighted by Gasteiger charge is -2.25. The van der Waals surface area contributed by atoms with E-state index in [4.69, 9.17) is 11.2 Å². The van der Waals surface area contributed by atoms with Crippen LogP contribution in [0, 0.1) is 0 Å². The molecule has 51 heavy (non-hydrogen) atoms. The Hall–Kier alpha value is -3.87. The van der Waals surface area contributed by atoms with Gasteiger partial charge >= 0.3 is 0 Å². The first kappa shape index (κ1) is 39.9. The summed E-state index contributed by atoms with van der Waals surface area (Å²) in [5, 5.41) is 12.3. The molecule has 0 aromatic heterocycles. The molecule has 0 saturated carbocycles. The summed E-state index contributed by atoms with van der Waals surface area (Å²) in [6, 6.07) is 10.6. The normalized spacial score (nSPS) is 17.1. The van der Waals surface area contributed by atoms with Gasteiger partial charge in [-0.1, -0.05) is 37.1 Å². The first-order chi connectivity index (χ1) is 24.2. The van der Waals surface area contributed by atoms with Crippen molar-refractivity contribution in [2.45, 2.75) is 80.9 Å². The van der Waals surface area contributed by atoms with E-state index in [-0.39, 0.29) is 29.2 Å². The van der Waals surface area contributed by atoms with E-state index in [0.717, 1.165) is 70.2 Å². The van der Waals surface area contributed by atoms with Crippen LogP contribution in [0.1, 0.15) is 71.4 Å². The van der Waals surface area contributed by atoms with Gasteiger partial charge in [0.25, 0.3) is 16.0 Å². The van der Waals surface area contributed by atoms with E-state index >= 15 is 0 Å². The Morgan fingerprint density at radius 3 is 2.41 bits per heavy atom. The van der Waals surface area contributed by atoms with Crippen molar-refractivity contribution >= 4 is 51.1 Å². The van der Waals surface area contributed by atoms with Crippen LogP contribution in [0.5, 0.6) is 0 Å². The molecule has 14 nitrogen and oxygen atoms in total. The van der Waals surface area contributed by atoms with Crippen molar-refractivity contribution in [3.05, 3.63) is 83.6 Å². The number of nitrogens with one attached hydrogen (secondary N) is 2. The molecule has 0 radical (unpaired) electrons. The maximum Gasteiger partial charge on any atom is 0.294 e. The van der Waals surface area contributed by atoms with Gasteiger partial charge in [0.15, 0.2) is 5.71 Å². The van der Waals surface area contributed by atoms with Crippen molar-refractivity contribution in [3.8, 4) is 0 Å². The first-order valence-corrected chi connectivity index (χ1v) is 18.6. The number of hydrogen-bond acceptors (Lipinski definition) is 11. The average Bonchev–Trinajstić information content (AvgIpc) is 3.43. The van der Waals surface area contributed by atoms with Gasteiger partial charge in [0, 0.05) is 58.8 Å². The SMILES string of the molecule is CCN1/C(=C/C=C/C=C/C2=[N+](CCCCCC(=O)NNC(=O)CON)c3ccc(S(=O)(=O)O)cc3C2(C)C)C(C)(C)c2cc(SOOO)ccc21. The molecule has 2 amide bonds. The minimum Gasteiger partial charge on any atom is -0.344 e. The van der Waals surface area contributed by atoms with Crippen LogP contribution in [0.2, 0.25) is 0 Å². The largest absolute Gasteiger partial charge is 0.344 e. The van der Waals surface area contributed by atoms with Crippen LogP contribution in [0.25, 0.3) is 0 Å². The molecule has 0 fully saturated rings. The molecule has 0 atom stereocenters. The predicted molar refractivity (Wildman–Crippen MR) is 193 cm³/mol. The van der Waals surface area contributed by atoms with Crippen LogP contribution in [0.15, 0.2) is 82.3 Å². The van der Waals surface area contributed by atoms with Crippen molar-refractivity contribution in [1.29, 1.82) is 0 Å². The van der Waals surface area contributed by atoms with Crippen LogP contribution in [-0.2, 0) is 44.7 Å². The van der Waals surface area contributed by atoms with Crippen molar-refractivity contribution < 1.29 is 46.6 Å². The van der Waals surface area contributed by atoms with E-state index in [2.05, 4.69) is 61.4 Å². The lowest BCUT2D eigenvalue weighted by molar-refractivity contribution is -0.438. The van der Waals surface area contributed by atoms with Crippen LogP contribution in [0.4, 0.5) is 11.4 Å². The second-order valence-corrected chi connectivity index (χ2v) is 15.3. The molecule has 0 unspecified atom stereocenters. The molecule has 2 aliphatic rings. The summed E-state index contributed by atoms with van der Waals surface area (Å²) in [5.74, 6) is 3.96. The molecule has 276 valence electrons. The molecule has 4 rings (SSSR count). The summed E-state index contributed by atoms with van der Waals surface area (Å²) in [6.07, 6.45) is 12.3. The zero-order chi connectivity index (χ0) is 37.4. The highest BCUT2D eigenvalue weighted by atomic mass is 32.2. The van der Waals surface area contributed by atoms with Gasteiger partial charge in [0.05, 0.1) is 22.4 Å². The van der Waals surface area contributed by atoms with E-state index in [1.54, 1.807) is 6.07 Å². The van der Waals surface area contributed by atoms with E-state index in [9.17, 15) is 22.6 Å². The molecule has 0 spiro atoms. The van der Waals surface area contributed by atoms with Crippen molar-refractivity contribution in [2.24, 2.45) is 5.90 Å². The summed E-state index contributed by atoms with van der Waals surface area (Å²) in [5.41, 5.74) is 9.56. The predicted octanol–water partition coefficient (Wildman–Crippen LogP) is 5.15. The van der Waals surface area contributed by atoms with Crippen molar-refractivity contribution in [3.63, 3.8) is 0 Å². The van der Waals surface area contributed by atoms with Gasteiger partial charge in [0.1, 0.15) is 13.2 Å². The van der Waals surface area contributed by atoms with Gasteiger partial charge in [-0.3, -0.25) is 29.8 Å². The summed E-state index contributed by atoms with van der Waals surface area (Å²) in [4.78, 5) is 30.6. The Balaban J connectivity index is 1.53. The standard InChI is InChI=1S/C35H45N5O9S2/c1-6-39-28-18-16-24(50-49-48-43)21-26(28)34(2,3)30(39)13-9-7-10-14-31-35(4,5)27-22-25(51(44,45)46)17-19-29(27)40(31)20-12-8-11-15-32(41)37-38-33(42)23-47-36/h7,9-10,13-14,16-19,21-22H,6,8,11-12,15,20,23,36H2,1-5H3,(H3-,37,38,41,42,43,44,45,46)/p+1. The van der Waals surface area contributed by atoms with Gasteiger partial charge < -0.3 is 4.90 Å². The molecule has 2 aromatic rings. The maximum atomic E-state index is 12.1. The maximum absolute atomic E-state index is 12.1. The Kier molecular flexibility index (Phi) is 13.4. The van der Waals surface area contributed by atoms with Crippen molar-refractivity contribution in [1.82, 2.24) is 10.9 Å². The van der Waals surface area contributed by atoms with Gasteiger partial charge in [-0.25, -0.2) is 11.2 Å².